The molecule has 2 amide bonds. The number of carbonyl (C=O) groups excluding carboxylic acids is 2. The molecule has 170 valence electrons. The highest BCUT2D eigenvalue weighted by molar-refractivity contribution is 5.96. The van der Waals surface area contributed by atoms with E-state index in [2.05, 4.69) is 10.6 Å². The molecule has 1 aliphatic heterocycles. The average Bonchev–Trinajstić information content (AvgIpc) is 2.78. The van der Waals surface area contributed by atoms with E-state index >= 15 is 0 Å². The number of amides is 2. The second-order valence-electron chi connectivity index (χ2n) is 8.40. The fraction of sp³-hybridized carbons (Fsp3) is 0.417. The van der Waals surface area contributed by atoms with Crippen molar-refractivity contribution < 1.29 is 14.5 Å². The summed E-state index contributed by atoms with van der Waals surface area (Å²) in [7, 11) is 0. The van der Waals surface area contributed by atoms with E-state index in [0.717, 1.165) is 5.56 Å². The Bertz CT molecular complexity index is 954. The predicted octanol–water partition coefficient (Wildman–Crippen LogP) is 3.45. The molecule has 32 heavy (non-hydrogen) atoms. The summed E-state index contributed by atoms with van der Waals surface area (Å²) in [5.41, 5.74) is 1.83. The van der Waals surface area contributed by atoms with Crippen LogP contribution >= 0.6 is 0 Å². The zero-order chi connectivity index (χ0) is 23.1. The van der Waals surface area contributed by atoms with Crippen molar-refractivity contribution in [2.45, 2.75) is 51.6 Å². The van der Waals surface area contributed by atoms with E-state index in [1.807, 2.05) is 49.1 Å². The highest BCUT2D eigenvalue weighted by Crippen LogP contribution is 2.31. The van der Waals surface area contributed by atoms with Gasteiger partial charge in [0.2, 0.25) is 5.91 Å². The maximum absolute atomic E-state index is 12.3. The Labute approximate surface area is 188 Å². The van der Waals surface area contributed by atoms with Gasteiger partial charge in [0.25, 0.3) is 11.6 Å². The van der Waals surface area contributed by atoms with Crippen LogP contribution in [0.4, 0.5) is 11.4 Å². The number of nitrogens with one attached hydrogen (secondary N) is 2. The summed E-state index contributed by atoms with van der Waals surface area (Å²) in [4.78, 5) is 37.7. The molecular formula is C24H30N4O4. The molecule has 0 aromatic heterocycles. The zero-order valence-electron chi connectivity index (χ0n) is 18.5. The molecule has 0 radical (unpaired) electrons. The molecule has 3 rings (SSSR count). The SMILES string of the molecule is CC(C)NC(=O)c1ccc(N2CCC(NC(=O)CCc3ccccc3)CC2)c([N+](=O)[O-])c1. The van der Waals surface area contributed by atoms with E-state index in [1.165, 1.54) is 6.07 Å². The van der Waals surface area contributed by atoms with E-state index in [4.69, 9.17) is 0 Å². The highest BCUT2D eigenvalue weighted by atomic mass is 16.6. The standard InChI is InChI=1S/C24H30N4O4/c1-17(2)25-24(30)19-9-10-21(22(16-19)28(31)32)27-14-12-20(13-15-27)26-23(29)11-8-18-6-4-3-5-7-18/h3-7,9-10,16-17,20H,8,11-15H2,1-2H3,(H,25,30)(H,26,29). The van der Waals surface area contributed by atoms with Crippen LogP contribution in [0.1, 0.15) is 49.0 Å². The number of nitrogens with zero attached hydrogens (tertiary/aromatic N) is 2. The third-order valence-corrected chi connectivity index (χ3v) is 5.54. The molecule has 0 bridgehead atoms. The van der Waals surface area contributed by atoms with Gasteiger partial charge >= 0.3 is 0 Å². The third-order valence-electron chi connectivity index (χ3n) is 5.54. The van der Waals surface area contributed by atoms with Gasteiger partial charge in [0, 0.05) is 43.2 Å². The van der Waals surface area contributed by atoms with Gasteiger partial charge in [-0.25, -0.2) is 0 Å². The number of carbonyl (C=O) groups is 2. The van der Waals surface area contributed by atoms with E-state index in [-0.39, 0.29) is 35.1 Å². The lowest BCUT2D eigenvalue weighted by atomic mass is 10.0. The number of benzene rings is 2. The third kappa shape index (κ3) is 6.29. The number of rotatable bonds is 8. The van der Waals surface area contributed by atoms with Crippen molar-refractivity contribution in [2.24, 2.45) is 0 Å². The molecule has 2 N–H and O–H groups in total. The number of piperidine rings is 1. The molecule has 8 heteroatoms. The second-order valence-corrected chi connectivity index (χ2v) is 8.40. The first-order chi connectivity index (χ1) is 15.3. The second kappa shape index (κ2) is 10.7. The van der Waals surface area contributed by atoms with Gasteiger partial charge in [0.05, 0.1) is 4.92 Å². The Morgan fingerprint density at radius 1 is 1.12 bits per heavy atom. The molecule has 1 heterocycles. The Morgan fingerprint density at radius 2 is 1.81 bits per heavy atom. The maximum atomic E-state index is 12.3. The molecule has 1 saturated heterocycles. The minimum Gasteiger partial charge on any atom is -0.366 e. The van der Waals surface area contributed by atoms with Crippen molar-refractivity contribution in [3.05, 3.63) is 69.8 Å². The van der Waals surface area contributed by atoms with Crippen LogP contribution in [0.3, 0.4) is 0 Å². The normalized spacial score (nSPS) is 14.3. The Balaban J connectivity index is 1.56. The molecule has 0 saturated carbocycles. The number of nitro benzene ring substituents is 1. The van der Waals surface area contributed by atoms with Crippen LogP contribution in [0.25, 0.3) is 0 Å². The van der Waals surface area contributed by atoms with Crippen LogP contribution in [-0.2, 0) is 11.2 Å². The van der Waals surface area contributed by atoms with Crippen LogP contribution in [0.5, 0.6) is 0 Å². The number of hydrogen-bond acceptors (Lipinski definition) is 5. The quantitative estimate of drug-likeness (QED) is 0.485. The van der Waals surface area contributed by atoms with E-state index < -0.39 is 4.92 Å². The van der Waals surface area contributed by atoms with Gasteiger partial charge in [-0.1, -0.05) is 30.3 Å². The van der Waals surface area contributed by atoms with Gasteiger partial charge < -0.3 is 15.5 Å². The molecule has 0 atom stereocenters. The van der Waals surface area contributed by atoms with Crippen molar-refractivity contribution in [2.75, 3.05) is 18.0 Å². The molecule has 1 aliphatic rings. The zero-order valence-corrected chi connectivity index (χ0v) is 18.5. The lowest BCUT2D eigenvalue weighted by Gasteiger charge is -2.33. The molecule has 8 nitrogen and oxygen atoms in total. The van der Waals surface area contributed by atoms with Crippen LogP contribution in [0.2, 0.25) is 0 Å². The molecule has 0 aliphatic carbocycles. The van der Waals surface area contributed by atoms with Gasteiger partial charge in [0.1, 0.15) is 5.69 Å². The fourth-order valence-corrected chi connectivity index (χ4v) is 3.89. The van der Waals surface area contributed by atoms with E-state index in [0.29, 0.717) is 44.5 Å². The van der Waals surface area contributed by atoms with Crippen LogP contribution < -0.4 is 15.5 Å². The Kier molecular flexibility index (Phi) is 7.81. The molecule has 0 spiro atoms. The monoisotopic (exact) mass is 438 g/mol. The summed E-state index contributed by atoms with van der Waals surface area (Å²) >= 11 is 0. The summed E-state index contributed by atoms with van der Waals surface area (Å²) in [5.74, 6) is -0.301. The van der Waals surface area contributed by atoms with Crippen molar-refractivity contribution >= 4 is 23.2 Å². The fourth-order valence-electron chi connectivity index (χ4n) is 3.89. The largest absolute Gasteiger partial charge is 0.366 e. The van der Waals surface area contributed by atoms with Gasteiger partial charge in [-0.05, 0) is 50.8 Å². The van der Waals surface area contributed by atoms with E-state index in [1.54, 1.807) is 12.1 Å². The summed E-state index contributed by atoms with van der Waals surface area (Å²) in [5, 5.41) is 17.5. The average molecular weight is 439 g/mol. The van der Waals surface area contributed by atoms with Crippen molar-refractivity contribution in [1.29, 1.82) is 0 Å². The molecule has 1 fully saturated rings. The first kappa shape index (κ1) is 23.2. The van der Waals surface area contributed by atoms with E-state index in [9.17, 15) is 19.7 Å². The number of aryl methyl sites for hydroxylation is 1. The Morgan fingerprint density at radius 3 is 2.44 bits per heavy atom. The summed E-state index contributed by atoms with van der Waals surface area (Å²) < 4.78 is 0. The summed E-state index contributed by atoms with van der Waals surface area (Å²) in [6, 6.07) is 14.5. The number of nitro groups is 1. The molecular weight excluding hydrogens is 408 g/mol. The first-order valence-electron chi connectivity index (χ1n) is 11.0. The van der Waals surface area contributed by atoms with Crippen molar-refractivity contribution in [3.63, 3.8) is 0 Å². The maximum Gasteiger partial charge on any atom is 0.293 e. The van der Waals surface area contributed by atoms with Crippen molar-refractivity contribution in [3.8, 4) is 0 Å². The topological polar surface area (TPSA) is 105 Å². The minimum atomic E-state index is -0.446. The first-order valence-corrected chi connectivity index (χ1v) is 11.0. The van der Waals surface area contributed by atoms with Crippen LogP contribution in [0, 0.1) is 10.1 Å². The van der Waals surface area contributed by atoms with Crippen LogP contribution in [0.15, 0.2) is 48.5 Å². The predicted molar refractivity (Wildman–Crippen MR) is 124 cm³/mol. The van der Waals surface area contributed by atoms with Gasteiger partial charge in [-0.2, -0.15) is 0 Å². The van der Waals surface area contributed by atoms with Crippen LogP contribution in [-0.4, -0.2) is 41.9 Å². The van der Waals surface area contributed by atoms with Gasteiger partial charge in [-0.15, -0.1) is 0 Å². The number of anilines is 1. The molecule has 2 aromatic carbocycles. The minimum absolute atomic E-state index is 0.0267. The van der Waals surface area contributed by atoms with Gasteiger partial charge in [-0.3, -0.25) is 19.7 Å². The molecule has 2 aromatic rings. The lowest BCUT2D eigenvalue weighted by Crippen LogP contribution is -2.45. The lowest BCUT2D eigenvalue weighted by molar-refractivity contribution is -0.384. The van der Waals surface area contributed by atoms with Crippen molar-refractivity contribution in [1.82, 2.24) is 10.6 Å². The Hall–Kier alpha value is -3.42. The summed E-state index contributed by atoms with van der Waals surface area (Å²) in [6.07, 6.45) is 2.57. The van der Waals surface area contributed by atoms with Gasteiger partial charge in [0.15, 0.2) is 0 Å². The smallest absolute Gasteiger partial charge is 0.293 e. The molecule has 0 unspecified atom stereocenters. The number of hydrogen-bond donors (Lipinski definition) is 2. The summed E-state index contributed by atoms with van der Waals surface area (Å²) in [6.45, 7) is 4.88. The highest BCUT2D eigenvalue weighted by Gasteiger charge is 2.26.